The lowest BCUT2D eigenvalue weighted by Crippen LogP contribution is -2.41. The number of carbonyl (C=O) groups excluding carboxylic acids is 1. The Bertz CT molecular complexity index is 459. The van der Waals surface area contributed by atoms with Gasteiger partial charge in [0.1, 0.15) is 0 Å². The summed E-state index contributed by atoms with van der Waals surface area (Å²) in [6, 6.07) is 7.63. The molecule has 1 saturated carbocycles. The van der Waals surface area contributed by atoms with Gasteiger partial charge >= 0.3 is 0 Å². The largest absolute Gasteiger partial charge is 0.325 e. The summed E-state index contributed by atoms with van der Waals surface area (Å²) < 4.78 is 0. The topological polar surface area (TPSA) is 41.1 Å². The lowest BCUT2D eigenvalue weighted by Gasteiger charge is -2.27. The zero-order valence-electron chi connectivity index (χ0n) is 11.5. The zero-order valence-corrected chi connectivity index (χ0v) is 12.3. The molecular weight excluding hydrogens is 260 g/mol. The van der Waals surface area contributed by atoms with E-state index in [1.165, 1.54) is 12.8 Å². The van der Waals surface area contributed by atoms with Crippen molar-refractivity contribution < 1.29 is 4.79 Å². The minimum Gasteiger partial charge on any atom is -0.325 e. The van der Waals surface area contributed by atoms with Crippen molar-refractivity contribution >= 4 is 23.2 Å². The number of benzene rings is 1. The number of halogens is 1. The van der Waals surface area contributed by atoms with Gasteiger partial charge in [-0.1, -0.05) is 37.9 Å². The molecule has 0 aliphatic heterocycles. The molecule has 0 aromatic heterocycles. The number of anilines is 1. The minimum absolute atomic E-state index is 0.0232. The van der Waals surface area contributed by atoms with Crippen molar-refractivity contribution in [1.82, 2.24) is 5.32 Å². The van der Waals surface area contributed by atoms with Crippen LogP contribution >= 0.6 is 11.6 Å². The Kier molecular flexibility index (Phi) is 4.48. The molecule has 1 amide bonds. The van der Waals surface area contributed by atoms with Crippen LogP contribution in [-0.2, 0) is 4.79 Å². The molecule has 0 saturated heterocycles. The van der Waals surface area contributed by atoms with Crippen LogP contribution in [0.1, 0.15) is 33.1 Å². The third-order valence-electron chi connectivity index (χ3n) is 3.87. The van der Waals surface area contributed by atoms with Crippen LogP contribution in [0.4, 0.5) is 5.69 Å². The van der Waals surface area contributed by atoms with Gasteiger partial charge in [-0.2, -0.15) is 0 Å². The molecule has 1 fully saturated rings. The normalized spacial score (nSPS) is 21.3. The summed E-state index contributed by atoms with van der Waals surface area (Å²) in [4.78, 5) is 11.9. The second-order valence-corrected chi connectivity index (χ2v) is 6.31. The maximum Gasteiger partial charge on any atom is 0.238 e. The number of hydrogen-bond acceptors (Lipinski definition) is 2. The third-order valence-corrected chi connectivity index (χ3v) is 4.11. The van der Waals surface area contributed by atoms with E-state index in [-0.39, 0.29) is 11.3 Å². The fourth-order valence-corrected chi connectivity index (χ4v) is 2.88. The first-order chi connectivity index (χ1) is 8.97. The van der Waals surface area contributed by atoms with Crippen LogP contribution in [-0.4, -0.2) is 18.5 Å². The molecule has 0 radical (unpaired) electrons. The van der Waals surface area contributed by atoms with Gasteiger partial charge < -0.3 is 10.6 Å². The van der Waals surface area contributed by atoms with Crippen molar-refractivity contribution in [3.05, 3.63) is 29.3 Å². The third kappa shape index (κ3) is 3.95. The second-order valence-electron chi connectivity index (χ2n) is 5.87. The number of hydrogen-bond donors (Lipinski definition) is 2. The molecule has 1 unspecified atom stereocenters. The van der Waals surface area contributed by atoms with Gasteiger partial charge in [0, 0.05) is 16.8 Å². The van der Waals surface area contributed by atoms with Gasteiger partial charge in [-0.05, 0) is 36.5 Å². The molecule has 1 aliphatic carbocycles. The van der Waals surface area contributed by atoms with E-state index in [0.29, 0.717) is 17.6 Å². The van der Waals surface area contributed by atoms with Gasteiger partial charge in [0.15, 0.2) is 0 Å². The average molecular weight is 281 g/mol. The quantitative estimate of drug-likeness (QED) is 0.887. The summed E-state index contributed by atoms with van der Waals surface area (Å²) in [7, 11) is 0. The maximum absolute atomic E-state index is 11.9. The Balaban J connectivity index is 1.82. The van der Waals surface area contributed by atoms with Crippen molar-refractivity contribution in [2.75, 3.05) is 11.9 Å². The summed E-state index contributed by atoms with van der Waals surface area (Å²) in [5.74, 6) is -0.0232. The van der Waals surface area contributed by atoms with Crippen LogP contribution in [0.5, 0.6) is 0 Å². The smallest absolute Gasteiger partial charge is 0.238 e. The Morgan fingerprint density at radius 1 is 1.47 bits per heavy atom. The molecule has 2 rings (SSSR count). The summed E-state index contributed by atoms with van der Waals surface area (Å²) in [6.45, 7) is 4.86. The van der Waals surface area contributed by atoms with Crippen LogP contribution in [0.15, 0.2) is 24.3 Å². The van der Waals surface area contributed by atoms with Crippen molar-refractivity contribution in [2.45, 2.75) is 39.2 Å². The van der Waals surface area contributed by atoms with Crippen molar-refractivity contribution in [2.24, 2.45) is 5.41 Å². The summed E-state index contributed by atoms with van der Waals surface area (Å²) in [5.41, 5.74) is 1.03. The molecule has 0 bridgehead atoms. The molecule has 1 atom stereocenters. The van der Waals surface area contributed by atoms with E-state index in [0.717, 1.165) is 12.1 Å². The maximum atomic E-state index is 11.9. The van der Waals surface area contributed by atoms with E-state index in [1.54, 1.807) is 12.1 Å². The van der Waals surface area contributed by atoms with Crippen molar-refractivity contribution in [1.29, 1.82) is 0 Å². The Labute approximate surface area is 119 Å². The van der Waals surface area contributed by atoms with Crippen LogP contribution in [0.2, 0.25) is 5.02 Å². The van der Waals surface area contributed by atoms with Gasteiger partial charge in [-0.15, -0.1) is 0 Å². The highest BCUT2D eigenvalue weighted by Gasteiger charge is 2.34. The highest BCUT2D eigenvalue weighted by atomic mass is 35.5. The van der Waals surface area contributed by atoms with E-state index in [2.05, 4.69) is 24.5 Å². The number of nitrogens with one attached hydrogen (secondary N) is 2. The Morgan fingerprint density at radius 3 is 2.89 bits per heavy atom. The molecule has 1 aliphatic rings. The molecule has 0 spiro atoms. The molecule has 1 aromatic rings. The molecule has 4 heteroatoms. The molecule has 3 nitrogen and oxygen atoms in total. The van der Waals surface area contributed by atoms with Crippen molar-refractivity contribution in [3.8, 4) is 0 Å². The summed E-state index contributed by atoms with van der Waals surface area (Å²) in [6.07, 6.45) is 3.61. The standard InChI is InChI=1S/C15H21ClN2O/c1-15(2)8-4-7-13(15)17-10-14(19)18-12-6-3-5-11(16)9-12/h3,5-6,9,13,17H,4,7-8,10H2,1-2H3,(H,18,19). The lowest BCUT2D eigenvalue weighted by atomic mass is 9.87. The van der Waals surface area contributed by atoms with Gasteiger partial charge in [-0.25, -0.2) is 0 Å². The fraction of sp³-hybridized carbons (Fsp3) is 0.533. The Hall–Kier alpha value is -1.06. The first-order valence-electron chi connectivity index (χ1n) is 6.76. The monoisotopic (exact) mass is 280 g/mol. The minimum atomic E-state index is -0.0232. The first kappa shape index (κ1) is 14.4. The highest BCUT2D eigenvalue weighted by Crippen LogP contribution is 2.36. The van der Waals surface area contributed by atoms with E-state index in [4.69, 9.17) is 11.6 Å². The second kappa shape index (κ2) is 5.93. The van der Waals surface area contributed by atoms with Crippen LogP contribution in [0.25, 0.3) is 0 Å². The van der Waals surface area contributed by atoms with E-state index < -0.39 is 0 Å². The average Bonchev–Trinajstić information content (AvgIpc) is 2.66. The number of amides is 1. The summed E-state index contributed by atoms with van der Waals surface area (Å²) in [5, 5.41) is 6.84. The van der Waals surface area contributed by atoms with Gasteiger partial charge in [0.25, 0.3) is 0 Å². The predicted molar refractivity (Wildman–Crippen MR) is 79.5 cm³/mol. The van der Waals surface area contributed by atoms with E-state index in [1.807, 2.05) is 12.1 Å². The Morgan fingerprint density at radius 2 is 2.26 bits per heavy atom. The van der Waals surface area contributed by atoms with E-state index in [9.17, 15) is 4.79 Å². The van der Waals surface area contributed by atoms with Gasteiger partial charge in [0.2, 0.25) is 5.91 Å². The first-order valence-corrected chi connectivity index (χ1v) is 7.14. The SMILES string of the molecule is CC1(C)CCCC1NCC(=O)Nc1cccc(Cl)c1. The molecule has 1 aromatic carbocycles. The van der Waals surface area contributed by atoms with Crippen LogP contribution in [0.3, 0.4) is 0 Å². The predicted octanol–water partition coefficient (Wildman–Crippen LogP) is 3.45. The highest BCUT2D eigenvalue weighted by molar-refractivity contribution is 6.30. The molecule has 2 N–H and O–H groups in total. The summed E-state index contributed by atoms with van der Waals surface area (Å²) >= 11 is 5.88. The van der Waals surface area contributed by atoms with Gasteiger partial charge in [-0.3, -0.25) is 4.79 Å². The number of rotatable bonds is 4. The molecule has 19 heavy (non-hydrogen) atoms. The van der Waals surface area contributed by atoms with E-state index >= 15 is 0 Å². The number of carbonyl (C=O) groups is 1. The van der Waals surface area contributed by atoms with Gasteiger partial charge in [0.05, 0.1) is 6.54 Å². The van der Waals surface area contributed by atoms with Crippen LogP contribution in [0, 0.1) is 5.41 Å². The van der Waals surface area contributed by atoms with Crippen LogP contribution < -0.4 is 10.6 Å². The fourth-order valence-electron chi connectivity index (χ4n) is 2.69. The lowest BCUT2D eigenvalue weighted by molar-refractivity contribution is -0.115. The zero-order chi connectivity index (χ0) is 13.9. The molecule has 0 heterocycles. The molecular formula is C15H21ClN2O. The molecule has 104 valence electrons. The van der Waals surface area contributed by atoms with Crippen molar-refractivity contribution in [3.63, 3.8) is 0 Å².